The van der Waals surface area contributed by atoms with Crippen molar-refractivity contribution in [2.45, 2.75) is 45.6 Å². The van der Waals surface area contributed by atoms with E-state index in [4.69, 9.17) is 9.47 Å². The summed E-state index contributed by atoms with van der Waals surface area (Å²) in [5.41, 5.74) is 1.11. The third-order valence-corrected chi connectivity index (χ3v) is 3.01. The molecular weight excluding hydrogens is 232 g/mol. The summed E-state index contributed by atoms with van der Waals surface area (Å²) in [5.74, 6) is 0. The van der Waals surface area contributed by atoms with Crippen LogP contribution in [0.25, 0.3) is 0 Å². The second-order valence-corrected chi connectivity index (χ2v) is 4.40. The first-order chi connectivity index (χ1) is 8.85. The van der Waals surface area contributed by atoms with Crippen molar-refractivity contribution < 1.29 is 9.47 Å². The van der Waals surface area contributed by atoms with Crippen molar-refractivity contribution in [2.75, 3.05) is 19.8 Å². The minimum absolute atomic E-state index is 0.112. The molecule has 1 unspecified atom stereocenters. The lowest BCUT2D eigenvalue weighted by Crippen LogP contribution is -2.28. The van der Waals surface area contributed by atoms with Crippen molar-refractivity contribution in [3.8, 4) is 0 Å². The standard InChI is InChI=1S/C12H22N4O2/c1-3-5-16-11(9-14-15-16)10(13-4-2)8-12-17-6-7-18-12/h9-10,12-13H,3-8H2,1-2H3. The summed E-state index contributed by atoms with van der Waals surface area (Å²) in [4.78, 5) is 0. The van der Waals surface area contributed by atoms with Crippen molar-refractivity contribution in [3.63, 3.8) is 0 Å². The molecule has 1 atom stereocenters. The summed E-state index contributed by atoms with van der Waals surface area (Å²) in [6.45, 7) is 7.40. The molecular formula is C12H22N4O2. The van der Waals surface area contributed by atoms with E-state index in [1.807, 2.05) is 10.9 Å². The van der Waals surface area contributed by atoms with Crippen LogP contribution in [0.3, 0.4) is 0 Å². The molecule has 1 aliphatic rings. The van der Waals surface area contributed by atoms with E-state index >= 15 is 0 Å². The molecule has 0 aliphatic carbocycles. The average molecular weight is 254 g/mol. The molecule has 1 fully saturated rings. The third-order valence-electron chi connectivity index (χ3n) is 3.01. The van der Waals surface area contributed by atoms with Crippen molar-refractivity contribution in [1.29, 1.82) is 0 Å². The van der Waals surface area contributed by atoms with E-state index in [0.717, 1.165) is 31.6 Å². The van der Waals surface area contributed by atoms with Gasteiger partial charge in [-0.05, 0) is 13.0 Å². The summed E-state index contributed by atoms with van der Waals surface area (Å²) in [5, 5.41) is 11.6. The maximum Gasteiger partial charge on any atom is 0.159 e. The molecule has 102 valence electrons. The average Bonchev–Trinajstić information content (AvgIpc) is 3.00. The van der Waals surface area contributed by atoms with Gasteiger partial charge in [0.2, 0.25) is 0 Å². The zero-order valence-electron chi connectivity index (χ0n) is 11.1. The second-order valence-electron chi connectivity index (χ2n) is 4.40. The summed E-state index contributed by atoms with van der Waals surface area (Å²) in [6, 6.07) is 0.180. The monoisotopic (exact) mass is 254 g/mol. The lowest BCUT2D eigenvalue weighted by atomic mass is 10.1. The number of nitrogens with zero attached hydrogens (tertiary/aromatic N) is 3. The Kier molecular flexibility index (Phi) is 5.10. The molecule has 2 heterocycles. The highest BCUT2D eigenvalue weighted by atomic mass is 16.7. The molecule has 1 saturated heterocycles. The van der Waals surface area contributed by atoms with Crippen LogP contribution in [0.4, 0.5) is 0 Å². The Hall–Kier alpha value is -0.980. The third kappa shape index (κ3) is 3.28. The van der Waals surface area contributed by atoms with Crippen LogP contribution in [0.15, 0.2) is 6.20 Å². The Morgan fingerprint density at radius 2 is 2.22 bits per heavy atom. The minimum atomic E-state index is -0.112. The fourth-order valence-electron chi connectivity index (χ4n) is 2.21. The molecule has 0 spiro atoms. The van der Waals surface area contributed by atoms with Crippen LogP contribution >= 0.6 is 0 Å². The molecule has 1 aromatic heterocycles. The highest BCUT2D eigenvalue weighted by molar-refractivity contribution is 5.02. The van der Waals surface area contributed by atoms with Gasteiger partial charge in [0, 0.05) is 13.0 Å². The summed E-state index contributed by atoms with van der Waals surface area (Å²) in [7, 11) is 0. The zero-order chi connectivity index (χ0) is 12.8. The molecule has 18 heavy (non-hydrogen) atoms. The Morgan fingerprint density at radius 3 is 2.89 bits per heavy atom. The highest BCUT2D eigenvalue weighted by Gasteiger charge is 2.24. The quantitative estimate of drug-likeness (QED) is 0.789. The van der Waals surface area contributed by atoms with Gasteiger partial charge in [0.25, 0.3) is 0 Å². The topological polar surface area (TPSA) is 61.2 Å². The second kappa shape index (κ2) is 6.82. The fourth-order valence-corrected chi connectivity index (χ4v) is 2.21. The van der Waals surface area contributed by atoms with E-state index in [1.54, 1.807) is 0 Å². The molecule has 0 bridgehead atoms. The van der Waals surface area contributed by atoms with Crippen LogP contribution in [0, 0.1) is 0 Å². The number of nitrogens with one attached hydrogen (secondary N) is 1. The number of rotatable bonds is 7. The van der Waals surface area contributed by atoms with Crippen LogP contribution in [0.1, 0.15) is 38.4 Å². The predicted octanol–water partition coefficient (Wildman–Crippen LogP) is 1.10. The van der Waals surface area contributed by atoms with Crippen LogP contribution in [-0.2, 0) is 16.0 Å². The smallest absolute Gasteiger partial charge is 0.159 e. The Balaban J connectivity index is 2.04. The molecule has 0 aromatic carbocycles. The van der Waals surface area contributed by atoms with Crippen LogP contribution in [0.5, 0.6) is 0 Å². The van der Waals surface area contributed by atoms with Gasteiger partial charge in [-0.3, -0.25) is 0 Å². The van der Waals surface area contributed by atoms with Crippen molar-refractivity contribution >= 4 is 0 Å². The molecule has 1 aromatic rings. The van der Waals surface area contributed by atoms with Gasteiger partial charge in [0.05, 0.1) is 31.1 Å². The van der Waals surface area contributed by atoms with Crippen LogP contribution < -0.4 is 5.32 Å². The Labute approximate surface area is 108 Å². The molecule has 2 rings (SSSR count). The first-order valence-corrected chi connectivity index (χ1v) is 6.70. The van der Waals surface area contributed by atoms with Crippen LogP contribution in [0.2, 0.25) is 0 Å². The fraction of sp³-hybridized carbons (Fsp3) is 0.833. The molecule has 6 nitrogen and oxygen atoms in total. The van der Waals surface area contributed by atoms with E-state index < -0.39 is 0 Å². The maximum absolute atomic E-state index is 5.52. The van der Waals surface area contributed by atoms with E-state index in [2.05, 4.69) is 29.5 Å². The van der Waals surface area contributed by atoms with Gasteiger partial charge >= 0.3 is 0 Å². The molecule has 0 amide bonds. The van der Waals surface area contributed by atoms with Gasteiger partial charge < -0.3 is 14.8 Å². The van der Waals surface area contributed by atoms with Crippen molar-refractivity contribution in [3.05, 3.63) is 11.9 Å². The molecule has 6 heteroatoms. The molecule has 0 radical (unpaired) electrons. The first kappa shape index (κ1) is 13.5. The van der Waals surface area contributed by atoms with E-state index in [9.17, 15) is 0 Å². The maximum atomic E-state index is 5.52. The van der Waals surface area contributed by atoms with Gasteiger partial charge in [0.1, 0.15) is 0 Å². The highest BCUT2D eigenvalue weighted by Crippen LogP contribution is 2.21. The number of ether oxygens (including phenoxy) is 2. The Morgan fingerprint density at radius 1 is 1.44 bits per heavy atom. The molecule has 0 saturated carbocycles. The normalized spacial score (nSPS) is 18.3. The summed E-state index contributed by atoms with van der Waals surface area (Å²) < 4.78 is 13.0. The first-order valence-electron chi connectivity index (χ1n) is 6.70. The summed E-state index contributed by atoms with van der Waals surface area (Å²) in [6.07, 6.45) is 3.56. The van der Waals surface area contributed by atoms with Crippen LogP contribution in [-0.4, -0.2) is 41.0 Å². The number of hydrogen-bond donors (Lipinski definition) is 1. The van der Waals surface area contributed by atoms with Gasteiger partial charge in [-0.2, -0.15) is 0 Å². The lowest BCUT2D eigenvalue weighted by Gasteiger charge is -2.21. The van der Waals surface area contributed by atoms with Gasteiger partial charge in [-0.1, -0.05) is 19.1 Å². The predicted molar refractivity (Wildman–Crippen MR) is 67.0 cm³/mol. The van der Waals surface area contributed by atoms with E-state index in [1.165, 1.54) is 0 Å². The lowest BCUT2D eigenvalue weighted by molar-refractivity contribution is -0.0534. The molecule has 1 aliphatic heterocycles. The number of aryl methyl sites for hydroxylation is 1. The van der Waals surface area contributed by atoms with Crippen molar-refractivity contribution in [2.24, 2.45) is 0 Å². The molecule has 1 N–H and O–H groups in total. The van der Waals surface area contributed by atoms with E-state index in [0.29, 0.717) is 13.2 Å². The van der Waals surface area contributed by atoms with Gasteiger partial charge in [-0.25, -0.2) is 4.68 Å². The van der Waals surface area contributed by atoms with Gasteiger partial charge in [0.15, 0.2) is 6.29 Å². The van der Waals surface area contributed by atoms with Gasteiger partial charge in [-0.15, -0.1) is 5.10 Å². The Bertz CT molecular complexity index is 350. The zero-order valence-corrected chi connectivity index (χ0v) is 11.1. The number of aromatic nitrogens is 3. The minimum Gasteiger partial charge on any atom is -0.350 e. The van der Waals surface area contributed by atoms with E-state index in [-0.39, 0.29) is 12.3 Å². The largest absolute Gasteiger partial charge is 0.350 e. The SMILES string of the molecule is CCCn1nncc1C(CC1OCCO1)NCC. The summed E-state index contributed by atoms with van der Waals surface area (Å²) >= 11 is 0. The van der Waals surface area contributed by atoms with Crippen molar-refractivity contribution in [1.82, 2.24) is 20.3 Å². The number of hydrogen-bond acceptors (Lipinski definition) is 5.